The van der Waals surface area contributed by atoms with Crippen molar-refractivity contribution in [3.8, 4) is 56.3 Å². The Hall–Kier alpha value is -8.53. The van der Waals surface area contributed by atoms with Crippen LogP contribution in [0.15, 0.2) is 224 Å². The fourth-order valence-electron chi connectivity index (χ4n) is 10.0. The highest BCUT2D eigenvalue weighted by Crippen LogP contribution is 2.41. The first-order valence-electron chi connectivity index (χ1n) is 21.8. The van der Waals surface area contributed by atoms with E-state index in [-0.39, 0.29) is 0 Å². The van der Waals surface area contributed by atoms with E-state index in [9.17, 15) is 0 Å². The van der Waals surface area contributed by atoms with Gasteiger partial charge in [-0.3, -0.25) is 0 Å². The number of rotatable bonds is 5. The van der Waals surface area contributed by atoms with Gasteiger partial charge < -0.3 is 0 Å². The molecule has 64 heavy (non-hydrogen) atoms. The number of hydrogen-bond acceptors (Lipinski definition) is 3. The number of nitrogens with zero attached hydrogens (tertiary/aromatic N) is 3. The van der Waals surface area contributed by atoms with Crippen molar-refractivity contribution in [3.63, 3.8) is 0 Å². The molecule has 0 saturated heterocycles. The van der Waals surface area contributed by atoms with Crippen molar-refractivity contribution in [2.24, 2.45) is 0 Å². The van der Waals surface area contributed by atoms with E-state index in [1.165, 1.54) is 48.5 Å². The monoisotopic (exact) mass is 811 g/mol. The summed E-state index contributed by atoms with van der Waals surface area (Å²) in [5.74, 6) is 0.675. The van der Waals surface area contributed by atoms with Crippen molar-refractivity contribution in [3.05, 3.63) is 224 Å². The highest BCUT2D eigenvalue weighted by molar-refractivity contribution is 6.22. The number of pyridine rings is 1. The van der Waals surface area contributed by atoms with Crippen molar-refractivity contribution in [2.45, 2.75) is 0 Å². The van der Waals surface area contributed by atoms with Crippen LogP contribution in [0.5, 0.6) is 0 Å². The molecule has 0 amide bonds. The molecule has 296 valence electrons. The van der Waals surface area contributed by atoms with Crippen LogP contribution in [0.2, 0.25) is 0 Å². The standard InChI is InChI=1S/C61H37N3/c1-6-24-47-38(15-1)31-32-53-59(47)52-29-11-12-30-56(52)62-60(53)43-20-13-18-39(33-43)40-19-14-21-44(34-40)61-63-57(54-35-41-16-2-4-22-45(41)48-25-7-9-27-50(48)54)37-58(64-61)55-36-42-17-3-5-23-46(42)49-26-8-10-28-51(49)55/h1-37H. The summed E-state index contributed by atoms with van der Waals surface area (Å²) in [6, 6.07) is 80.4. The second-order valence-electron chi connectivity index (χ2n) is 16.7. The van der Waals surface area contributed by atoms with Gasteiger partial charge in [-0.05, 0) is 101 Å². The molecule has 2 aromatic heterocycles. The lowest BCUT2D eigenvalue weighted by atomic mass is 9.93. The zero-order chi connectivity index (χ0) is 42.1. The van der Waals surface area contributed by atoms with E-state index in [0.717, 1.165) is 77.5 Å². The third-order valence-electron chi connectivity index (χ3n) is 13.0. The van der Waals surface area contributed by atoms with Gasteiger partial charge in [-0.1, -0.05) is 188 Å². The molecule has 0 fully saturated rings. The molecular formula is C61H37N3. The fraction of sp³-hybridized carbons (Fsp3) is 0. The molecule has 0 atom stereocenters. The van der Waals surface area contributed by atoms with Crippen molar-refractivity contribution < 1.29 is 0 Å². The molecule has 0 unspecified atom stereocenters. The summed E-state index contributed by atoms with van der Waals surface area (Å²) >= 11 is 0. The molecule has 13 aromatic rings. The Morgan fingerprint density at radius 1 is 0.250 bits per heavy atom. The molecule has 11 aromatic carbocycles. The molecule has 0 saturated carbocycles. The molecule has 3 nitrogen and oxygen atoms in total. The predicted octanol–water partition coefficient (Wildman–Crippen LogP) is 16.3. The average molecular weight is 812 g/mol. The van der Waals surface area contributed by atoms with E-state index in [2.05, 4.69) is 224 Å². The molecule has 0 N–H and O–H groups in total. The summed E-state index contributed by atoms with van der Waals surface area (Å²) in [4.78, 5) is 16.2. The SMILES string of the molecule is c1cc(-c2cccc(-c3nc4ccccc4c4c3ccc3ccccc34)c2)cc(-c2nc(-c3cc4ccccc4c4ccccc34)cc(-c3cc4ccccc4c4ccccc34)n2)c1. The van der Waals surface area contributed by atoms with Gasteiger partial charge >= 0.3 is 0 Å². The van der Waals surface area contributed by atoms with Gasteiger partial charge in [0.25, 0.3) is 0 Å². The van der Waals surface area contributed by atoms with Gasteiger partial charge in [0.05, 0.1) is 22.6 Å². The smallest absolute Gasteiger partial charge is 0.160 e. The molecule has 0 spiro atoms. The number of para-hydroxylation sites is 1. The van der Waals surface area contributed by atoms with Gasteiger partial charge in [0, 0.05) is 38.4 Å². The van der Waals surface area contributed by atoms with E-state index in [0.29, 0.717) is 5.82 Å². The minimum Gasteiger partial charge on any atom is -0.247 e. The number of fused-ring (bicyclic) bond motifs is 11. The summed E-state index contributed by atoms with van der Waals surface area (Å²) in [5.41, 5.74) is 10.1. The first kappa shape index (κ1) is 36.2. The van der Waals surface area contributed by atoms with Crippen LogP contribution in [0.3, 0.4) is 0 Å². The first-order chi connectivity index (χ1) is 31.7. The lowest BCUT2D eigenvalue weighted by Gasteiger charge is -2.15. The van der Waals surface area contributed by atoms with E-state index in [1.54, 1.807) is 0 Å². The number of benzene rings is 11. The minimum absolute atomic E-state index is 0.675. The van der Waals surface area contributed by atoms with Crippen LogP contribution in [0, 0.1) is 0 Å². The van der Waals surface area contributed by atoms with Crippen molar-refractivity contribution in [1.82, 2.24) is 15.0 Å². The summed E-state index contributed by atoms with van der Waals surface area (Å²) in [5, 5.41) is 15.5. The number of aromatic nitrogens is 3. The van der Waals surface area contributed by atoms with Crippen LogP contribution in [0.1, 0.15) is 0 Å². The summed E-state index contributed by atoms with van der Waals surface area (Å²) in [6.45, 7) is 0. The van der Waals surface area contributed by atoms with E-state index < -0.39 is 0 Å². The maximum Gasteiger partial charge on any atom is 0.160 e. The third-order valence-corrected chi connectivity index (χ3v) is 13.0. The molecule has 0 bridgehead atoms. The van der Waals surface area contributed by atoms with Crippen molar-refractivity contribution in [2.75, 3.05) is 0 Å². The number of hydrogen-bond donors (Lipinski definition) is 0. The summed E-state index contributed by atoms with van der Waals surface area (Å²) < 4.78 is 0. The van der Waals surface area contributed by atoms with Gasteiger partial charge in [-0.2, -0.15) is 0 Å². The minimum atomic E-state index is 0.675. The molecule has 13 rings (SSSR count). The molecule has 0 aliphatic heterocycles. The maximum absolute atomic E-state index is 5.47. The third kappa shape index (κ3) is 5.86. The van der Waals surface area contributed by atoms with E-state index in [4.69, 9.17) is 15.0 Å². The lowest BCUT2D eigenvalue weighted by Crippen LogP contribution is -1.98. The van der Waals surface area contributed by atoms with Gasteiger partial charge in [0.1, 0.15) is 0 Å². The Morgan fingerprint density at radius 2 is 0.719 bits per heavy atom. The highest BCUT2D eigenvalue weighted by Gasteiger charge is 2.18. The maximum atomic E-state index is 5.47. The molecule has 3 heteroatoms. The Kier molecular flexibility index (Phi) is 8.22. The Bertz CT molecular complexity index is 3880. The van der Waals surface area contributed by atoms with Gasteiger partial charge in [-0.25, -0.2) is 15.0 Å². The molecule has 0 aliphatic rings. The van der Waals surface area contributed by atoms with E-state index >= 15 is 0 Å². The highest BCUT2D eigenvalue weighted by atomic mass is 14.9. The van der Waals surface area contributed by atoms with Gasteiger partial charge in [0.2, 0.25) is 0 Å². The second kappa shape index (κ2) is 14.5. The van der Waals surface area contributed by atoms with Crippen LogP contribution in [-0.2, 0) is 0 Å². The lowest BCUT2D eigenvalue weighted by molar-refractivity contribution is 1.19. The zero-order valence-corrected chi connectivity index (χ0v) is 34.7. The summed E-state index contributed by atoms with van der Waals surface area (Å²) in [6.07, 6.45) is 0. The van der Waals surface area contributed by atoms with Crippen molar-refractivity contribution in [1.29, 1.82) is 0 Å². The van der Waals surface area contributed by atoms with Crippen LogP contribution >= 0.6 is 0 Å². The Labute approximate surface area is 369 Å². The second-order valence-corrected chi connectivity index (χ2v) is 16.7. The van der Waals surface area contributed by atoms with Crippen molar-refractivity contribution >= 4 is 75.5 Å². The van der Waals surface area contributed by atoms with Gasteiger partial charge in [0.15, 0.2) is 5.82 Å². The Balaban J connectivity index is 1.01. The molecular weight excluding hydrogens is 775 g/mol. The normalized spacial score (nSPS) is 11.8. The van der Waals surface area contributed by atoms with Crippen LogP contribution in [0.4, 0.5) is 0 Å². The van der Waals surface area contributed by atoms with Crippen LogP contribution in [-0.4, -0.2) is 15.0 Å². The molecule has 0 radical (unpaired) electrons. The topological polar surface area (TPSA) is 38.7 Å². The Morgan fingerprint density at radius 3 is 1.34 bits per heavy atom. The molecule has 0 aliphatic carbocycles. The van der Waals surface area contributed by atoms with Crippen LogP contribution < -0.4 is 0 Å². The van der Waals surface area contributed by atoms with Crippen LogP contribution in [0.25, 0.3) is 132 Å². The predicted molar refractivity (Wildman–Crippen MR) is 270 cm³/mol. The quantitative estimate of drug-likeness (QED) is 0.163. The fourth-order valence-corrected chi connectivity index (χ4v) is 10.0. The van der Waals surface area contributed by atoms with Gasteiger partial charge in [-0.15, -0.1) is 0 Å². The first-order valence-corrected chi connectivity index (χ1v) is 21.8. The zero-order valence-electron chi connectivity index (χ0n) is 34.7. The average Bonchev–Trinajstić information content (AvgIpc) is 3.37. The van der Waals surface area contributed by atoms with E-state index in [1.807, 2.05) is 0 Å². The molecule has 2 heterocycles. The summed E-state index contributed by atoms with van der Waals surface area (Å²) in [7, 11) is 0. The largest absolute Gasteiger partial charge is 0.247 e.